The molecule has 2 heterocycles. The monoisotopic (exact) mass is 538 g/mol. The van der Waals surface area contributed by atoms with Gasteiger partial charge < -0.3 is 10.1 Å². The summed E-state index contributed by atoms with van der Waals surface area (Å²) in [4.78, 5) is 32.6. The fourth-order valence-corrected chi connectivity index (χ4v) is 6.40. The molecule has 0 unspecified atom stereocenters. The number of nitrogens with zero attached hydrogens (tertiary/aromatic N) is 1. The van der Waals surface area contributed by atoms with Gasteiger partial charge in [-0.05, 0) is 68.5 Å². The summed E-state index contributed by atoms with van der Waals surface area (Å²) in [6, 6.07) is 14.4. The molecule has 0 fully saturated rings. The molecule has 184 valence electrons. The van der Waals surface area contributed by atoms with E-state index in [4.69, 9.17) is 32.9 Å². The average Bonchev–Trinajstić information content (AvgIpc) is 3.03. The van der Waals surface area contributed by atoms with Crippen LogP contribution in [0.1, 0.15) is 57.3 Å². The van der Waals surface area contributed by atoms with E-state index in [1.54, 1.807) is 31.2 Å². The standard InChI is InChI=1S/C28H24Cl2N2O3S/c1-2-35-28(34)25-19-9-4-3-5-11-24(19)36-27(25)32-26(33)20-15-23(18-13-12-16(29)14-21(18)30)31-22-10-7-6-8-17(20)22/h6-8,10,12-15H,2-5,9,11H2,1H3,(H,32,33). The first-order chi connectivity index (χ1) is 17.5. The van der Waals surface area contributed by atoms with Crippen LogP contribution in [-0.4, -0.2) is 23.5 Å². The van der Waals surface area contributed by atoms with Crippen LogP contribution < -0.4 is 5.32 Å². The number of thiophene rings is 1. The van der Waals surface area contributed by atoms with E-state index in [1.807, 2.05) is 24.3 Å². The van der Waals surface area contributed by atoms with Gasteiger partial charge >= 0.3 is 5.97 Å². The topological polar surface area (TPSA) is 68.3 Å². The zero-order valence-corrected chi connectivity index (χ0v) is 22.0. The summed E-state index contributed by atoms with van der Waals surface area (Å²) < 4.78 is 5.37. The Labute approximate surface area is 223 Å². The van der Waals surface area contributed by atoms with Crippen LogP contribution in [0.15, 0.2) is 48.5 Å². The summed E-state index contributed by atoms with van der Waals surface area (Å²) in [6.45, 7) is 2.06. The van der Waals surface area contributed by atoms with Gasteiger partial charge in [0.25, 0.3) is 5.91 Å². The Bertz CT molecular complexity index is 1480. The number of anilines is 1. The van der Waals surface area contributed by atoms with Crippen molar-refractivity contribution in [3.8, 4) is 11.3 Å². The molecule has 0 saturated heterocycles. The minimum absolute atomic E-state index is 0.275. The van der Waals surface area contributed by atoms with Gasteiger partial charge in [0.1, 0.15) is 5.00 Å². The maximum absolute atomic E-state index is 13.7. The van der Waals surface area contributed by atoms with Gasteiger partial charge in [-0.15, -0.1) is 11.3 Å². The van der Waals surface area contributed by atoms with Crippen molar-refractivity contribution in [2.45, 2.75) is 39.0 Å². The first-order valence-electron chi connectivity index (χ1n) is 11.9. The summed E-state index contributed by atoms with van der Waals surface area (Å²) >= 11 is 14.0. The van der Waals surface area contributed by atoms with E-state index in [1.165, 1.54) is 11.3 Å². The zero-order valence-electron chi connectivity index (χ0n) is 19.7. The molecule has 5 rings (SSSR count). The molecule has 1 aliphatic carbocycles. The molecule has 8 heteroatoms. The molecular formula is C28H24Cl2N2O3S. The van der Waals surface area contributed by atoms with E-state index in [2.05, 4.69) is 5.32 Å². The number of para-hydroxylation sites is 1. The van der Waals surface area contributed by atoms with Crippen LogP contribution in [0, 0.1) is 0 Å². The highest BCUT2D eigenvalue weighted by atomic mass is 35.5. The Kier molecular flexibility index (Phi) is 7.28. The largest absolute Gasteiger partial charge is 0.462 e. The molecule has 4 aromatic rings. The van der Waals surface area contributed by atoms with Gasteiger partial charge in [0.05, 0.1) is 34.0 Å². The summed E-state index contributed by atoms with van der Waals surface area (Å²) in [5.41, 5.74) is 3.86. The predicted octanol–water partition coefficient (Wildman–Crippen LogP) is 7.97. The number of aryl methyl sites for hydroxylation is 1. The second-order valence-electron chi connectivity index (χ2n) is 8.64. The van der Waals surface area contributed by atoms with Crippen LogP contribution in [0.2, 0.25) is 10.0 Å². The van der Waals surface area contributed by atoms with E-state index in [0.717, 1.165) is 42.5 Å². The lowest BCUT2D eigenvalue weighted by atomic mass is 10.0. The first-order valence-corrected chi connectivity index (χ1v) is 13.5. The maximum Gasteiger partial charge on any atom is 0.341 e. The van der Waals surface area contributed by atoms with Gasteiger partial charge in [-0.3, -0.25) is 4.79 Å². The fourth-order valence-electron chi connectivity index (χ4n) is 4.62. The third-order valence-corrected chi connectivity index (χ3v) is 8.05. The van der Waals surface area contributed by atoms with E-state index < -0.39 is 0 Å². The Morgan fingerprint density at radius 3 is 2.67 bits per heavy atom. The number of aromatic nitrogens is 1. The molecule has 0 atom stereocenters. The Morgan fingerprint density at radius 1 is 1.06 bits per heavy atom. The number of halogens is 2. The molecule has 0 saturated carbocycles. The number of hydrogen-bond donors (Lipinski definition) is 1. The number of nitrogens with one attached hydrogen (secondary N) is 1. The summed E-state index contributed by atoms with van der Waals surface area (Å²) in [5, 5.41) is 5.25. The lowest BCUT2D eigenvalue weighted by Gasteiger charge is -2.12. The normalized spacial score (nSPS) is 13.2. The quantitative estimate of drug-likeness (QED) is 0.206. The second kappa shape index (κ2) is 10.6. The van der Waals surface area contributed by atoms with Gasteiger partial charge in [-0.2, -0.15) is 0 Å². The molecule has 36 heavy (non-hydrogen) atoms. The SMILES string of the molecule is CCOC(=O)c1c(NC(=O)c2cc(-c3ccc(Cl)cc3Cl)nc3ccccc23)sc2c1CCCCC2. The zero-order chi connectivity index (χ0) is 25.2. The molecule has 2 aromatic heterocycles. The van der Waals surface area contributed by atoms with Gasteiger partial charge in [0.2, 0.25) is 0 Å². The molecular weight excluding hydrogens is 515 g/mol. The van der Waals surface area contributed by atoms with Crippen molar-refractivity contribution in [3.63, 3.8) is 0 Å². The Hall–Kier alpha value is -2.93. The van der Waals surface area contributed by atoms with Crippen LogP contribution in [-0.2, 0) is 17.6 Å². The number of hydrogen-bond acceptors (Lipinski definition) is 5. The number of ether oxygens (including phenoxy) is 1. The number of carbonyl (C=O) groups excluding carboxylic acids is 2. The third kappa shape index (κ3) is 4.85. The van der Waals surface area contributed by atoms with Crippen molar-refractivity contribution in [3.05, 3.63) is 80.1 Å². The molecule has 0 aliphatic heterocycles. The van der Waals surface area contributed by atoms with Crippen LogP contribution >= 0.6 is 34.5 Å². The molecule has 2 aromatic carbocycles. The number of esters is 1. The van der Waals surface area contributed by atoms with Crippen LogP contribution in [0.4, 0.5) is 5.00 Å². The van der Waals surface area contributed by atoms with Crippen LogP contribution in [0.3, 0.4) is 0 Å². The lowest BCUT2D eigenvalue weighted by molar-refractivity contribution is 0.0527. The van der Waals surface area contributed by atoms with Crippen molar-refractivity contribution >= 4 is 62.3 Å². The van der Waals surface area contributed by atoms with Gasteiger partial charge in [-0.1, -0.05) is 47.8 Å². The highest BCUT2D eigenvalue weighted by molar-refractivity contribution is 7.17. The highest BCUT2D eigenvalue weighted by Crippen LogP contribution is 2.39. The van der Waals surface area contributed by atoms with Gasteiger partial charge in [-0.25, -0.2) is 9.78 Å². The highest BCUT2D eigenvalue weighted by Gasteiger charge is 2.27. The first kappa shape index (κ1) is 24.8. The maximum atomic E-state index is 13.7. The molecule has 0 radical (unpaired) electrons. The predicted molar refractivity (Wildman–Crippen MR) is 147 cm³/mol. The smallest absolute Gasteiger partial charge is 0.341 e. The fraction of sp³-hybridized carbons (Fsp3) is 0.250. The summed E-state index contributed by atoms with van der Waals surface area (Å²) in [7, 11) is 0. The van der Waals surface area contributed by atoms with Crippen molar-refractivity contribution in [2.24, 2.45) is 0 Å². The number of carbonyl (C=O) groups is 2. The van der Waals surface area contributed by atoms with Crippen molar-refractivity contribution in [1.29, 1.82) is 0 Å². The lowest BCUT2D eigenvalue weighted by Crippen LogP contribution is -2.16. The van der Waals surface area contributed by atoms with Crippen LogP contribution in [0.5, 0.6) is 0 Å². The average molecular weight is 539 g/mol. The van der Waals surface area contributed by atoms with Crippen molar-refractivity contribution in [1.82, 2.24) is 4.98 Å². The minimum Gasteiger partial charge on any atom is -0.462 e. The van der Waals surface area contributed by atoms with Gasteiger partial charge in [0.15, 0.2) is 0 Å². The van der Waals surface area contributed by atoms with Crippen molar-refractivity contribution < 1.29 is 14.3 Å². The second-order valence-corrected chi connectivity index (χ2v) is 10.6. The van der Waals surface area contributed by atoms with Crippen molar-refractivity contribution in [2.75, 3.05) is 11.9 Å². The number of pyridine rings is 1. The van der Waals surface area contributed by atoms with E-state index >= 15 is 0 Å². The number of benzene rings is 2. The summed E-state index contributed by atoms with van der Waals surface area (Å²) in [5.74, 6) is -0.706. The molecule has 1 amide bonds. The number of rotatable bonds is 5. The third-order valence-electron chi connectivity index (χ3n) is 6.30. The molecule has 1 aliphatic rings. The summed E-state index contributed by atoms with van der Waals surface area (Å²) in [6.07, 6.45) is 4.93. The molecule has 0 spiro atoms. The molecule has 0 bridgehead atoms. The van der Waals surface area contributed by atoms with E-state index in [0.29, 0.717) is 48.3 Å². The minimum atomic E-state index is -0.388. The Balaban J connectivity index is 1.59. The molecule has 1 N–H and O–H groups in total. The number of fused-ring (bicyclic) bond motifs is 2. The van der Waals surface area contributed by atoms with Gasteiger partial charge in [0, 0.05) is 20.8 Å². The number of amides is 1. The van der Waals surface area contributed by atoms with Crippen LogP contribution in [0.25, 0.3) is 22.2 Å². The molecule has 5 nitrogen and oxygen atoms in total. The van der Waals surface area contributed by atoms with E-state index in [9.17, 15) is 9.59 Å². The Morgan fingerprint density at radius 2 is 1.86 bits per heavy atom. The van der Waals surface area contributed by atoms with E-state index in [-0.39, 0.29) is 18.5 Å².